The van der Waals surface area contributed by atoms with Gasteiger partial charge in [0, 0.05) is 5.56 Å². The fourth-order valence-electron chi connectivity index (χ4n) is 2.34. The summed E-state index contributed by atoms with van der Waals surface area (Å²) in [5, 5.41) is 11.3. The summed E-state index contributed by atoms with van der Waals surface area (Å²) < 4.78 is 19.1. The van der Waals surface area contributed by atoms with Crippen LogP contribution < -0.4 is 5.32 Å². The smallest absolute Gasteiger partial charge is 0.247 e. The van der Waals surface area contributed by atoms with E-state index >= 15 is 0 Å². The minimum atomic E-state index is -0.172. The van der Waals surface area contributed by atoms with Crippen LogP contribution >= 0.6 is 0 Å². The van der Waals surface area contributed by atoms with Crippen molar-refractivity contribution in [2.75, 3.05) is 6.54 Å². The van der Waals surface area contributed by atoms with Gasteiger partial charge in [0.2, 0.25) is 11.8 Å². The Kier molecular flexibility index (Phi) is 4.78. The number of halogens is 1. The second-order valence-corrected chi connectivity index (χ2v) is 5.39. The lowest BCUT2D eigenvalue weighted by Gasteiger charge is -2.03. The van der Waals surface area contributed by atoms with Gasteiger partial charge in [-0.05, 0) is 43.7 Å². The summed E-state index contributed by atoms with van der Waals surface area (Å²) in [5.41, 5.74) is 2.76. The second kappa shape index (κ2) is 7.15. The molecule has 0 spiro atoms. The second-order valence-electron chi connectivity index (χ2n) is 5.39. The van der Waals surface area contributed by atoms with Crippen molar-refractivity contribution in [2.45, 2.75) is 19.9 Å². The number of nitrogens with zero attached hydrogens (tertiary/aromatic N) is 2. The Bertz CT molecular complexity index is 785. The highest BCUT2D eigenvalue weighted by Crippen LogP contribution is 2.18. The van der Waals surface area contributed by atoms with E-state index in [1.807, 2.05) is 37.3 Å². The molecule has 0 atom stereocenters. The Hall–Kier alpha value is -2.53. The lowest BCUT2D eigenvalue weighted by Crippen LogP contribution is -2.17. The monoisotopic (exact) mass is 311 g/mol. The number of aryl methyl sites for hydroxylation is 1. The molecule has 0 fully saturated rings. The fraction of sp³-hybridized carbons (Fsp3) is 0.222. The minimum absolute atomic E-state index is 0.172. The van der Waals surface area contributed by atoms with Gasteiger partial charge >= 0.3 is 0 Å². The molecule has 0 radical (unpaired) electrons. The van der Waals surface area contributed by atoms with Crippen LogP contribution in [0.2, 0.25) is 0 Å². The number of rotatable bonds is 6. The molecule has 1 N–H and O–H groups in total. The third kappa shape index (κ3) is 4.02. The first-order valence-electron chi connectivity index (χ1n) is 7.56. The number of benzene rings is 2. The molecule has 23 heavy (non-hydrogen) atoms. The van der Waals surface area contributed by atoms with Gasteiger partial charge in [0.1, 0.15) is 5.82 Å². The predicted octanol–water partition coefficient (Wildman–Crippen LogP) is 3.52. The quantitative estimate of drug-likeness (QED) is 0.708. The minimum Gasteiger partial charge on any atom is -0.419 e. The summed E-state index contributed by atoms with van der Waals surface area (Å²) in [6.45, 7) is 3.13. The van der Waals surface area contributed by atoms with Gasteiger partial charge in [-0.3, -0.25) is 0 Å². The van der Waals surface area contributed by atoms with E-state index in [0.29, 0.717) is 36.9 Å². The van der Waals surface area contributed by atoms with E-state index in [-0.39, 0.29) is 5.82 Å². The average molecular weight is 311 g/mol. The Labute approximate surface area is 134 Å². The van der Waals surface area contributed by atoms with Gasteiger partial charge in [-0.25, -0.2) is 4.39 Å². The molecule has 0 amide bonds. The summed E-state index contributed by atoms with van der Waals surface area (Å²) in [6, 6.07) is 14.7. The highest BCUT2D eigenvalue weighted by Gasteiger charge is 2.08. The first-order valence-corrected chi connectivity index (χ1v) is 7.56. The van der Waals surface area contributed by atoms with E-state index in [1.165, 1.54) is 6.07 Å². The summed E-state index contributed by atoms with van der Waals surface area (Å²) in [7, 11) is 0. The zero-order valence-electron chi connectivity index (χ0n) is 12.9. The highest BCUT2D eigenvalue weighted by atomic mass is 19.1. The Balaban J connectivity index is 1.53. The molecule has 5 heteroatoms. The molecule has 0 aliphatic carbocycles. The van der Waals surface area contributed by atoms with Crippen LogP contribution in [0.4, 0.5) is 4.39 Å². The summed E-state index contributed by atoms with van der Waals surface area (Å²) in [6.07, 6.45) is 0.617. The first-order chi connectivity index (χ1) is 11.2. The summed E-state index contributed by atoms with van der Waals surface area (Å²) in [4.78, 5) is 0. The van der Waals surface area contributed by atoms with Gasteiger partial charge in [0.15, 0.2) is 0 Å². The third-order valence-corrected chi connectivity index (χ3v) is 3.54. The molecule has 0 aliphatic heterocycles. The molecule has 0 unspecified atom stereocenters. The molecule has 118 valence electrons. The number of hydrogen-bond acceptors (Lipinski definition) is 4. The van der Waals surface area contributed by atoms with Gasteiger partial charge in [0.05, 0.1) is 6.54 Å². The van der Waals surface area contributed by atoms with Crippen LogP contribution in [0.1, 0.15) is 17.0 Å². The molecule has 4 nitrogen and oxygen atoms in total. The van der Waals surface area contributed by atoms with Gasteiger partial charge in [-0.15, -0.1) is 10.2 Å². The summed E-state index contributed by atoms with van der Waals surface area (Å²) in [5.74, 6) is 0.864. The topological polar surface area (TPSA) is 51.0 Å². The van der Waals surface area contributed by atoms with Crippen molar-refractivity contribution in [1.29, 1.82) is 0 Å². The van der Waals surface area contributed by atoms with Crippen LogP contribution in [0.15, 0.2) is 52.9 Å². The van der Waals surface area contributed by atoms with Gasteiger partial charge in [0.25, 0.3) is 0 Å². The van der Waals surface area contributed by atoms with Gasteiger partial charge < -0.3 is 9.73 Å². The Morgan fingerprint density at radius 2 is 1.96 bits per heavy atom. The number of hydrogen-bond donors (Lipinski definition) is 1. The van der Waals surface area contributed by atoms with Crippen LogP contribution in [0, 0.1) is 12.7 Å². The van der Waals surface area contributed by atoms with E-state index in [2.05, 4.69) is 15.5 Å². The van der Waals surface area contributed by atoms with Crippen molar-refractivity contribution in [1.82, 2.24) is 15.5 Å². The molecule has 3 rings (SSSR count). The molecule has 0 saturated heterocycles. The van der Waals surface area contributed by atoms with Crippen molar-refractivity contribution in [3.63, 3.8) is 0 Å². The third-order valence-electron chi connectivity index (χ3n) is 3.54. The van der Waals surface area contributed by atoms with Crippen molar-refractivity contribution in [3.8, 4) is 11.5 Å². The maximum atomic E-state index is 13.5. The van der Waals surface area contributed by atoms with Crippen LogP contribution in [0.5, 0.6) is 0 Å². The average Bonchev–Trinajstić information content (AvgIpc) is 3.02. The molecule has 1 aromatic heterocycles. The normalized spacial score (nSPS) is 10.9. The largest absolute Gasteiger partial charge is 0.419 e. The Morgan fingerprint density at radius 3 is 2.78 bits per heavy atom. The predicted molar refractivity (Wildman–Crippen MR) is 86.3 cm³/mol. The van der Waals surface area contributed by atoms with E-state index in [4.69, 9.17) is 4.42 Å². The van der Waals surface area contributed by atoms with E-state index in [0.717, 1.165) is 11.1 Å². The van der Waals surface area contributed by atoms with E-state index in [9.17, 15) is 4.39 Å². The first kappa shape index (κ1) is 15.4. The van der Waals surface area contributed by atoms with Crippen molar-refractivity contribution < 1.29 is 8.81 Å². The Morgan fingerprint density at radius 1 is 1.09 bits per heavy atom. The molecule has 0 aliphatic rings. The maximum Gasteiger partial charge on any atom is 0.247 e. The number of nitrogens with one attached hydrogen (secondary N) is 1. The fourth-order valence-corrected chi connectivity index (χ4v) is 2.34. The van der Waals surface area contributed by atoms with Crippen LogP contribution in [-0.2, 0) is 13.0 Å². The van der Waals surface area contributed by atoms with Crippen molar-refractivity contribution in [3.05, 3.63) is 71.4 Å². The molecular weight excluding hydrogens is 293 g/mol. The SMILES string of the molecule is Cc1cccc(-c2nnc(CNCCc3ccccc3F)o2)c1. The zero-order valence-corrected chi connectivity index (χ0v) is 12.9. The van der Waals surface area contributed by atoms with Gasteiger partial charge in [-0.1, -0.05) is 35.9 Å². The molecule has 0 saturated carbocycles. The number of aromatic nitrogens is 2. The standard InChI is InChI=1S/C18H18FN3O/c1-13-5-4-7-15(11-13)18-22-21-17(23-18)12-20-10-9-14-6-2-3-8-16(14)19/h2-8,11,20H,9-10,12H2,1H3. The van der Waals surface area contributed by atoms with Crippen LogP contribution in [0.3, 0.4) is 0 Å². The van der Waals surface area contributed by atoms with E-state index < -0.39 is 0 Å². The highest BCUT2D eigenvalue weighted by molar-refractivity contribution is 5.53. The lowest BCUT2D eigenvalue weighted by molar-refractivity contribution is 0.477. The van der Waals surface area contributed by atoms with Gasteiger partial charge in [-0.2, -0.15) is 0 Å². The van der Waals surface area contributed by atoms with E-state index in [1.54, 1.807) is 12.1 Å². The molecule has 0 bridgehead atoms. The molecule has 1 heterocycles. The maximum absolute atomic E-state index is 13.5. The van der Waals surface area contributed by atoms with Crippen LogP contribution in [0.25, 0.3) is 11.5 Å². The van der Waals surface area contributed by atoms with Crippen molar-refractivity contribution >= 4 is 0 Å². The zero-order chi connectivity index (χ0) is 16.1. The molecule has 3 aromatic rings. The van der Waals surface area contributed by atoms with Crippen molar-refractivity contribution in [2.24, 2.45) is 0 Å². The molecule has 2 aromatic carbocycles. The van der Waals surface area contributed by atoms with Crippen LogP contribution in [-0.4, -0.2) is 16.7 Å². The summed E-state index contributed by atoms with van der Waals surface area (Å²) >= 11 is 0. The lowest BCUT2D eigenvalue weighted by atomic mass is 10.1. The molecular formula is C18H18FN3O.